The lowest BCUT2D eigenvalue weighted by atomic mass is 10.2. The molecule has 0 atom stereocenters. The van der Waals surface area contributed by atoms with Crippen molar-refractivity contribution in [3.63, 3.8) is 0 Å². The Balaban J connectivity index is 2.17. The number of hydrogen-bond acceptors (Lipinski definition) is 5. The van der Waals surface area contributed by atoms with Crippen molar-refractivity contribution in [2.75, 3.05) is 11.6 Å². The summed E-state index contributed by atoms with van der Waals surface area (Å²) in [6.45, 7) is 0. The summed E-state index contributed by atoms with van der Waals surface area (Å²) in [7, 11) is 0. The van der Waals surface area contributed by atoms with Gasteiger partial charge >= 0.3 is 6.01 Å². The second-order valence-corrected chi connectivity index (χ2v) is 4.38. The summed E-state index contributed by atoms with van der Waals surface area (Å²) in [5, 5.41) is 10.6. The van der Waals surface area contributed by atoms with Gasteiger partial charge in [0.05, 0.1) is 0 Å². The highest BCUT2D eigenvalue weighted by atomic mass is 32.2. The van der Waals surface area contributed by atoms with Gasteiger partial charge in [-0.2, -0.15) is 0 Å². The largest absolute Gasteiger partial charge is 0.403 e. The van der Waals surface area contributed by atoms with Crippen molar-refractivity contribution < 1.29 is 4.42 Å². The molecule has 16 heavy (non-hydrogen) atoms. The van der Waals surface area contributed by atoms with Crippen LogP contribution in [0.15, 0.2) is 34.7 Å². The van der Waals surface area contributed by atoms with Crippen LogP contribution < -0.4 is 5.32 Å². The van der Waals surface area contributed by atoms with Gasteiger partial charge < -0.3 is 4.42 Å². The van der Waals surface area contributed by atoms with Crippen LogP contribution in [0.4, 0.5) is 6.01 Å². The lowest BCUT2D eigenvalue weighted by Gasteiger charge is -1.97. The molecule has 0 aliphatic carbocycles. The molecule has 1 aromatic heterocycles. The number of aromatic nitrogens is 2. The number of nitrogens with one attached hydrogen (secondary N) is 1. The van der Waals surface area contributed by atoms with Crippen molar-refractivity contribution in [1.29, 1.82) is 0 Å². The Kier molecular flexibility index (Phi) is 3.53. The van der Waals surface area contributed by atoms with Gasteiger partial charge in [-0.05, 0) is 18.4 Å². The summed E-state index contributed by atoms with van der Waals surface area (Å²) in [5.41, 5.74) is 0.887. The number of nitrogens with zero attached hydrogens (tertiary/aromatic N) is 2. The fraction of sp³-hybridized carbons (Fsp3) is 0.100. The Bertz CT molecular complexity index is 484. The molecule has 1 heterocycles. The van der Waals surface area contributed by atoms with Crippen LogP contribution in [0, 0.1) is 0 Å². The molecule has 0 aliphatic heterocycles. The Morgan fingerprint density at radius 1 is 1.31 bits per heavy atom. The van der Waals surface area contributed by atoms with E-state index >= 15 is 0 Å². The third kappa shape index (κ3) is 2.59. The second-order valence-electron chi connectivity index (χ2n) is 2.89. The average Bonchev–Trinajstić information content (AvgIpc) is 2.78. The van der Waals surface area contributed by atoms with E-state index in [-0.39, 0.29) is 0 Å². The molecule has 82 valence electrons. The normalized spacial score (nSPS) is 10.1. The van der Waals surface area contributed by atoms with Crippen molar-refractivity contribution in [2.45, 2.75) is 0 Å². The van der Waals surface area contributed by atoms with Crippen LogP contribution in [0.5, 0.6) is 0 Å². The lowest BCUT2D eigenvalue weighted by Crippen LogP contribution is -2.03. The minimum Gasteiger partial charge on any atom is -0.403 e. The van der Waals surface area contributed by atoms with Gasteiger partial charge in [0.2, 0.25) is 5.89 Å². The average molecular weight is 251 g/mol. The maximum absolute atomic E-state index is 5.41. The van der Waals surface area contributed by atoms with Gasteiger partial charge in [0.25, 0.3) is 0 Å². The summed E-state index contributed by atoms with van der Waals surface area (Å²) >= 11 is 6.40. The second kappa shape index (κ2) is 5.09. The van der Waals surface area contributed by atoms with Crippen LogP contribution in [0.3, 0.4) is 0 Å². The minimum absolute atomic E-state index is 0.318. The molecule has 0 spiro atoms. The van der Waals surface area contributed by atoms with E-state index in [0.717, 1.165) is 5.56 Å². The number of benzene rings is 1. The Morgan fingerprint density at radius 2 is 2.06 bits per heavy atom. The quantitative estimate of drug-likeness (QED) is 0.828. The summed E-state index contributed by atoms with van der Waals surface area (Å²) in [6.07, 6.45) is 1.88. The van der Waals surface area contributed by atoms with E-state index < -0.39 is 0 Å². The summed E-state index contributed by atoms with van der Waals surface area (Å²) in [5.74, 6) is 0.479. The van der Waals surface area contributed by atoms with E-state index in [0.29, 0.717) is 16.2 Å². The molecule has 2 aromatic rings. The van der Waals surface area contributed by atoms with Crippen LogP contribution in [0.1, 0.15) is 0 Å². The molecule has 1 aromatic carbocycles. The first-order valence-electron chi connectivity index (χ1n) is 4.53. The van der Waals surface area contributed by atoms with Gasteiger partial charge in [-0.25, -0.2) is 0 Å². The summed E-state index contributed by atoms with van der Waals surface area (Å²) < 4.78 is 6.01. The molecular formula is C10H9N3OS2. The monoisotopic (exact) mass is 251 g/mol. The first-order valence-corrected chi connectivity index (χ1v) is 6.17. The van der Waals surface area contributed by atoms with Crippen molar-refractivity contribution in [3.8, 4) is 11.5 Å². The zero-order chi connectivity index (χ0) is 11.4. The van der Waals surface area contributed by atoms with Crippen LogP contribution in [-0.4, -0.2) is 20.8 Å². The molecule has 0 bridgehead atoms. The highest BCUT2D eigenvalue weighted by Gasteiger charge is 2.08. The molecule has 6 heteroatoms. The Hall–Kier alpha value is -1.40. The SMILES string of the molecule is CSC(=S)Nc1nnc(-c2ccccc2)o1. The maximum Gasteiger partial charge on any atom is 0.321 e. The molecule has 1 N–H and O–H groups in total. The molecule has 0 fully saturated rings. The molecular weight excluding hydrogens is 242 g/mol. The number of hydrogen-bond donors (Lipinski definition) is 1. The third-order valence-corrected chi connectivity index (χ3v) is 2.92. The Morgan fingerprint density at radius 3 is 2.75 bits per heavy atom. The summed E-state index contributed by atoms with van der Waals surface area (Å²) in [6, 6.07) is 9.90. The molecule has 0 saturated carbocycles. The van der Waals surface area contributed by atoms with Gasteiger partial charge in [0.15, 0.2) is 0 Å². The van der Waals surface area contributed by atoms with E-state index in [1.54, 1.807) is 0 Å². The lowest BCUT2D eigenvalue weighted by molar-refractivity contribution is 0.589. The predicted molar refractivity (Wildman–Crippen MR) is 69.5 cm³/mol. The molecule has 0 radical (unpaired) electrons. The van der Waals surface area contributed by atoms with Crippen molar-refractivity contribution in [3.05, 3.63) is 30.3 Å². The van der Waals surface area contributed by atoms with Crippen LogP contribution in [0.25, 0.3) is 11.5 Å². The third-order valence-electron chi connectivity index (χ3n) is 1.84. The van der Waals surface area contributed by atoms with E-state index in [1.807, 2.05) is 36.6 Å². The zero-order valence-electron chi connectivity index (χ0n) is 8.51. The first kappa shape index (κ1) is 11.1. The zero-order valence-corrected chi connectivity index (χ0v) is 10.1. The predicted octanol–water partition coefficient (Wildman–Crippen LogP) is 2.80. The smallest absolute Gasteiger partial charge is 0.321 e. The molecule has 0 aliphatic rings. The summed E-state index contributed by atoms with van der Waals surface area (Å²) in [4.78, 5) is 0. The van der Waals surface area contributed by atoms with Crippen molar-refractivity contribution >= 4 is 34.3 Å². The van der Waals surface area contributed by atoms with Gasteiger partial charge in [-0.1, -0.05) is 35.5 Å². The van der Waals surface area contributed by atoms with Gasteiger partial charge in [-0.15, -0.1) is 16.9 Å². The molecule has 0 saturated heterocycles. The minimum atomic E-state index is 0.318. The Labute approximate surface area is 102 Å². The van der Waals surface area contributed by atoms with E-state index in [1.165, 1.54) is 11.8 Å². The highest BCUT2D eigenvalue weighted by Crippen LogP contribution is 2.19. The standard InChI is InChI=1S/C10H9N3OS2/c1-16-10(15)11-9-13-12-8(14-9)7-5-3-2-4-6-7/h2-6H,1H3,(H,11,13,15). The van der Waals surface area contributed by atoms with Crippen LogP contribution in [0.2, 0.25) is 0 Å². The maximum atomic E-state index is 5.41. The number of thiocarbonyl (C=S) groups is 1. The number of rotatable bonds is 2. The number of thioether (sulfide) groups is 1. The molecule has 2 rings (SSSR count). The van der Waals surface area contributed by atoms with E-state index in [9.17, 15) is 0 Å². The van der Waals surface area contributed by atoms with Crippen molar-refractivity contribution in [1.82, 2.24) is 10.2 Å². The van der Waals surface area contributed by atoms with Gasteiger partial charge in [0, 0.05) is 5.56 Å². The molecule has 4 nitrogen and oxygen atoms in total. The fourth-order valence-electron chi connectivity index (χ4n) is 1.11. The highest BCUT2D eigenvalue weighted by molar-refractivity contribution is 8.22. The van der Waals surface area contributed by atoms with Crippen molar-refractivity contribution in [2.24, 2.45) is 0 Å². The molecule has 0 amide bonds. The van der Waals surface area contributed by atoms with Gasteiger partial charge in [0.1, 0.15) is 4.32 Å². The first-order chi connectivity index (χ1) is 7.79. The van der Waals surface area contributed by atoms with Crippen LogP contribution in [-0.2, 0) is 0 Å². The molecule has 0 unspecified atom stereocenters. The fourth-order valence-corrected chi connectivity index (χ4v) is 1.39. The van der Waals surface area contributed by atoms with Crippen LogP contribution >= 0.6 is 24.0 Å². The number of anilines is 1. The van der Waals surface area contributed by atoms with E-state index in [2.05, 4.69) is 15.5 Å². The topological polar surface area (TPSA) is 51.0 Å². The van der Waals surface area contributed by atoms with Gasteiger partial charge in [-0.3, -0.25) is 5.32 Å². The van der Waals surface area contributed by atoms with E-state index in [4.69, 9.17) is 16.6 Å².